The summed E-state index contributed by atoms with van der Waals surface area (Å²) in [6, 6.07) is 6.74. The number of benzene rings is 2. The zero-order valence-electron chi connectivity index (χ0n) is 18.6. The van der Waals surface area contributed by atoms with Crippen LogP contribution in [0.3, 0.4) is 0 Å². The fourth-order valence-electron chi connectivity index (χ4n) is 4.50. The first-order valence-corrected chi connectivity index (χ1v) is 13.9. The summed E-state index contributed by atoms with van der Waals surface area (Å²) in [6.45, 7) is 0.601. The van der Waals surface area contributed by atoms with Crippen LogP contribution in [0.1, 0.15) is 60.0 Å². The van der Waals surface area contributed by atoms with Crippen molar-refractivity contribution in [3.63, 3.8) is 0 Å². The number of nitrogens with zero attached hydrogens (tertiary/aromatic N) is 1. The number of hydrogen-bond acceptors (Lipinski definition) is 4. The molecular formula is C24H27F2IN2O4S. The van der Waals surface area contributed by atoms with Gasteiger partial charge in [-0.1, -0.05) is 12.5 Å². The molecule has 34 heavy (non-hydrogen) atoms. The number of primary amides is 1. The van der Waals surface area contributed by atoms with E-state index >= 15 is 0 Å². The SMILES string of the molecule is NC(=O)c1c(Cc2ccc(I)cc2F)cc(F)cc1OCCC1CCCCN1S(=O)(=O)C1CC1. The minimum Gasteiger partial charge on any atom is -0.493 e. The lowest BCUT2D eigenvalue weighted by atomic mass is 9.98. The zero-order chi connectivity index (χ0) is 24.5. The molecule has 6 nitrogen and oxygen atoms in total. The highest BCUT2D eigenvalue weighted by Gasteiger charge is 2.43. The quantitative estimate of drug-likeness (QED) is 0.431. The van der Waals surface area contributed by atoms with Crippen LogP contribution >= 0.6 is 22.6 Å². The zero-order valence-corrected chi connectivity index (χ0v) is 21.6. The van der Waals surface area contributed by atoms with E-state index in [0.29, 0.717) is 31.4 Å². The average Bonchev–Trinajstić information content (AvgIpc) is 3.62. The Labute approximate surface area is 212 Å². The second kappa shape index (κ2) is 10.4. The Morgan fingerprint density at radius 3 is 2.56 bits per heavy atom. The van der Waals surface area contributed by atoms with Crippen molar-refractivity contribution in [3.8, 4) is 5.75 Å². The van der Waals surface area contributed by atoms with E-state index in [4.69, 9.17) is 10.5 Å². The van der Waals surface area contributed by atoms with Gasteiger partial charge in [0.2, 0.25) is 10.0 Å². The largest absolute Gasteiger partial charge is 0.493 e. The number of carbonyl (C=O) groups excluding carboxylic acids is 1. The van der Waals surface area contributed by atoms with Crippen molar-refractivity contribution in [3.05, 3.63) is 62.2 Å². The molecule has 0 spiro atoms. The molecule has 2 aromatic carbocycles. The van der Waals surface area contributed by atoms with Gasteiger partial charge in [-0.05, 0) is 84.0 Å². The number of rotatable bonds is 9. The highest BCUT2D eigenvalue weighted by Crippen LogP contribution is 2.35. The van der Waals surface area contributed by atoms with Crippen molar-refractivity contribution >= 4 is 38.5 Å². The van der Waals surface area contributed by atoms with Crippen molar-refractivity contribution in [2.75, 3.05) is 13.2 Å². The van der Waals surface area contributed by atoms with Crippen molar-refractivity contribution in [2.24, 2.45) is 5.73 Å². The average molecular weight is 604 g/mol. The Morgan fingerprint density at radius 2 is 1.88 bits per heavy atom. The summed E-state index contributed by atoms with van der Waals surface area (Å²) < 4.78 is 62.5. The van der Waals surface area contributed by atoms with Gasteiger partial charge in [-0.25, -0.2) is 17.2 Å². The van der Waals surface area contributed by atoms with Crippen LogP contribution < -0.4 is 10.5 Å². The summed E-state index contributed by atoms with van der Waals surface area (Å²) in [6.07, 6.45) is 4.30. The van der Waals surface area contributed by atoms with E-state index in [1.165, 1.54) is 6.07 Å². The molecule has 2 aromatic rings. The second-order valence-corrected chi connectivity index (χ2v) is 12.3. The van der Waals surface area contributed by atoms with E-state index in [1.54, 1.807) is 16.4 Å². The van der Waals surface area contributed by atoms with Crippen molar-refractivity contribution in [1.82, 2.24) is 4.31 Å². The van der Waals surface area contributed by atoms with Crippen LogP contribution in [0.5, 0.6) is 5.75 Å². The Kier molecular flexibility index (Phi) is 7.78. The van der Waals surface area contributed by atoms with E-state index in [1.807, 2.05) is 22.6 Å². The van der Waals surface area contributed by atoms with E-state index in [2.05, 4.69) is 0 Å². The maximum absolute atomic E-state index is 14.4. The summed E-state index contributed by atoms with van der Waals surface area (Å²) in [5.74, 6) is -1.90. The number of amides is 1. The number of sulfonamides is 1. The first kappa shape index (κ1) is 25.3. The Bertz CT molecular complexity index is 1190. The van der Waals surface area contributed by atoms with Crippen molar-refractivity contribution in [1.29, 1.82) is 0 Å². The van der Waals surface area contributed by atoms with Crippen molar-refractivity contribution in [2.45, 2.75) is 56.2 Å². The summed E-state index contributed by atoms with van der Waals surface area (Å²) >= 11 is 1.99. The normalized spacial score (nSPS) is 19.2. The van der Waals surface area contributed by atoms with E-state index in [9.17, 15) is 22.0 Å². The molecule has 4 rings (SSSR count). The van der Waals surface area contributed by atoms with Gasteiger partial charge in [0, 0.05) is 28.6 Å². The van der Waals surface area contributed by atoms with Gasteiger partial charge in [-0.2, -0.15) is 4.31 Å². The standard InChI is InChI=1S/C24H27F2IN2O4S/c25-17-12-16(11-15-4-5-18(27)14-21(15)26)23(24(28)30)22(13-17)33-10-8-19-3-1-2-9-29(19)34(31,32)20-6-7-20/h4-5,12-14,19-20H,1-3,6-11H2,(H2,28,30). The molecule has 2 aliphatic rings. The van der Waals surface area contributed by atoms with Gasteiger partial charge in [0.05, 0.1) is 17.4 Å². The third kappa shape index (κ3) is 5.71. The monoisotopic (exact) mass is 604 g/mol. The first-order chi connectivity index (χ1) is 16.2. The minimum atomic E-state index is -3.30. The Hall–Kier alpha value is -1.79. The smallest absolute Gasteiger partial charge is 0.252 e. The number of hydrogen-bond donors (Lipinski definition) is 1. The molecule has 1 heterocycles. The van der Waals surface area contributed by atoms with Gasteiger partial charge in [-0.3, -0.25) is 4.79 Å². The molecule has 1 unspecified atom stereocenters. The van der Waals surface area contributed by atoms with Crippen LogP contribution in [0.15, 0.2) is 30.3 Å². The molecule has 1 saturated carbocycles. The summed E-state index contributed by atoms with van der Waals surface area (Å²) in [7, 11) is -3.30. The maximum atomic E-state index is 14.4. The molecule has 184 valence electrons. The van der Waals surface area contributed by atoms with E-state index in [-0.39, 0.29) is 41.2 Å². The number of carbonyl (C=O) groups is 1. The van der Waals surface area contributed by atoms with Crippen LogP contribution in [0.25, 0.3) is 0 Å². The van der Waals surface area contributed by atoms with Gasteiger partial charge < -0.3 is 10.5 Å². The maximum Gasteiger partial charge on any atom is 0.252 e. The van der Waals surface area contributed by atoms with Crippen LogP contribution in [-0.2, 0) is 16.4 Å². The molecule has 2 N–H and O–H groups in total. The fourth-order valence-corrected chi connectivity index (χ4v) is 7.08. The van der Waals surface area contributed by atoms with Crippen LogP contribution in [0.2, 0.25) is 0 Å². The van der Waals surface area contributed by atoms with Crippen LogP contribution in [0.4, 0.5) is 8.78 Å². The number of nitrogens with two attached hydrogens (primary N) is 1. The number of halogens is 3. The van der Waals surface area contributed by atoms with Gasteiger partial charge in [0.15, 0.2) is 0 Å². The van der Waals surface area contributed by atoms with Crippen LogP contribution in [0, 0.1) is 15.2 Å². The highest BCUT2D eigenvalue weighted by molar-refractivity contribution is 14.1. The third-order valence-corrected chi connectivity index (χ3v) is 9.46. The van der Waals surface area contributed by atoms with Crippen LogP contribution in [-0.4, -0.2) is 43.1 Å². The number of piperidine rings is 1. The fraction of sp³-hybridized carbons (Fsp3) is 0.458. The van der Waals surface area contributed by atoms with Gasteiger partial charge in [0.1, 0.15) is 17.4 Å². The molecule has 1 amide bonds. The summed E-state index contributed by atoms with van der Waals surface area (Å²) in [5.41, 5.74) is 6.14. The molecule has 1 aliphatic heterocycles. The molecule has 10 heteroatoms. The Morgan fingerprint density at radius 1 is 1.12 bits per heavy atom. The van der Waals surface area contributed by atoms with Gasteiger partial charge in [0.25, 0.3) is 5.91 Å². The second-order valence-electron chi connectivity index (χ2n) is 8.86. The molecule has 0 aromatic heterocycles. The molecule has 1 saturated heterocycles. The molecule has 2 fully saturated rings. The van der Waals surface area contributed by atoms with E-state index in [0.717, 1.165) is 35.0 Å². The topological polar surface area (TPSA) is 89.7 Å². The van der Waals surface area contributed by atoms with Crippen molar-refractivity contribution < 1.29 is 26.7 Å². The van der Waals surface area contributed by atoms with Gasteiger partial charge >= 0.3 is 0 Å². The first-order valence-electron chi connectivity index (χ1n) is 11.4. The summed E-state index contributed by atoms with van der Waals surface area (Å²) in [5, 5.41) is -0.275. The predicted molar refractivity (Wildman–Crippen MR) is 133 cm³/mol. The Balaban J connectivity index is 1.51. The summed E-state index contributed by atoms with van der Waals surface area (Å²) in [4.78, 5) is 12.3. The van der Waals surface area contributed by atoms with Gasteiger partial charge in [-0.15, -0.1) is 0 Å². The highest BCUT2D eigenvalue weighted by atomic mass is 127. The number of ether oxygens (including phenoxy) is 1. The molecule has 0 radical (unpaired) electrons. The lowest BCUT2D eigenvalue weighted by molar-refractivity contribution is 0.0994. The lowest BCUT2D eigenvalue weighted by Crippen LogP contribution is -2.45. The minimum absolute atomic E-state index is 0.00505. The third-order valence-electron chi connectivity index (χ3n) is 6.35. The molecule has 1 atom stereocenters. The predicted octanol–water partition coefficient (Wildman–Crippen LogP) is 4.37. The molecular weight excluding hydrogens is 577 g/mol. The van der Waals surface area contributed by atoms with E-state index < -0.39 is 27.6 Å². The molecule has 0 bridgehead atoms. The molecule has 1 aliphatic carbocycles. The lowest BCUT2D eigenvalue weighted by Gasteiger charge is -2.34.